The molecule has 0 amide bonds. The molecule has 0 aliphatic rings. The first-order valence-electron chi connectivity index (χ1n) is 3.21. The third-order valence-corrected chi connectivity index (χ3v) is 1.10. The fourth-order valence-electron chi connectivity index (χ4n) is 0.610. The molecule has 0 saturated carbocycles. The van der Waals surface area contributed by atoms with Crippen molar-refractivity contribution >= 4 is 6.72 Å². The fourth-order valence-corrected chi connectivity index (χ4v) is 0.610. The summed E-state index contributed by atoms with van der Waals surface area (Å²) in [4.78, 5) is 0. The predicted molar refractivity (Wildman–Crippen MR) is 41.4 cm³/mol. The fraction of sp³-hybridized carbons (Fsp3) is 0.571. The maximum Gasteiger partial charge on any atom is 0.205 e. The predicted octanol–water partition coefficient (Wildman–Crippen LogP) is 2.14. The summed E-state index contributed by atoms with van der Waals surface area (Å²) in [7, 11) is 0. The highest BCUT2D eigenvalue weighted by molar-refractivity contribution is 5.23. The second-order valence-electron chi connectivity index (χ2n) is 2.19. The monoisotopic (exact) mass is 144 g/mol. The molecule has 0 radical (unpaired) electrons. The van der Waals surface area contributed by atoms with E-state index in [9.17, 15) is 4.39 Å². The van der Waals surface area contributed by atoms with Crippen molar-refractivity contribution in [1.82, 2.24) is 5.01 Å². The standard InChI is InChI=1S/C7H13FN2/c1-5-7(8)10(9-4)6(2)3/h5-6H,4H2,1-3H3/b7-5-. The van der Waals surface area contributed by atoms with Crippen LogP contribution in [0.5, 0.6) is 0 Å². The molecule has 10 heavy (non-hydrogen) atoms. The maximum atomic E-state index is 12.7. The minimum atomic E-state index is -0.356. The van der Waals surface area contributed by atoms with Crippen LogP contribution in [0.4, 0.5) is 4.39 Å². The zero-order valence-electron chi connectivity index (χ0n) is 6.63. The summed E-state index contributed by atoms with van der Waals surface area (Å²) in [5.74, 6) is -0.356. The van der Waals surface area contributed by atoms with Crippen molar-refractivity contribution < 1.29 is 4.39 Å². The van der Waals surface area contributed by atoms with Gasteiger partial charge in [-0.1, -0.05) is 0 Å². The van der Waals surface area contributed by atoms with Crippen LogP contribution in [0.1, 0.15) is 20.8 Å². The van der Waals surface area contributed by atoms with E-state index in [-0.39, 0.29) is 12.0 Å². The van der Waals surface area contributed by atoms with Crippen molar-refractivity contribution in [3.8, 4) is 0 Å². The second kappa shape index (κ2) is 4.04. The lowest BCUT2D eigenvalue weighted by molar-refractivity contribution is 0.234. The Morgan fingerprint density at radius 2 is 2.20 bits per heavy atom. The van der Waals surface area contributed by atoms with Crippen LogP contribution in [0, 0.1) is 0 Å². The van der Waals surface area contributed by atoms with E-state index in [1.54, 1.807) is 6.92 Å². The molecule has 0 heterocycles. The van der Waals surface area contributed by atoms with E-state index in [2.05, 4.69) is 11.8 Å². The molecule has 0 spiro atoms. The summed E-state index contributed by atoms with van der Waals surface area (Å²) in [6, 6.07) is 0.0219. The highest BCUT2D eigenvalue weighted by Gasteiger charge is 2.08. The Morgan fingerprint density at radius 1 is 1.70 bits per heavy atom. The molecule has 0 rings (SSSR count). The SMILES string of the molecule is C=NN(/C(F)=C\C)C(C)C. The molecule has 0 bridgehead atoms. The zero-order valence-corrected chi connectivity index (χ0v) is 6.63. The Labute approximate surface area is 61.0 Å². The maximum absolute atomic E-state index is 12.7. The summed E-state index contributed by atoms with van der Waals surface area (Å²) >= 11 is 0. The quantitative estimate of drug-likeness (QED) is 0.336. The van der Waals surface area contributed by atoms with Crippen molar-refractivity contribution in [3.63, 3.8) is 0 Å². The number of allylic oxidation sites excluding steroid dienone is 1. The van der Waals surface area contributed by atoms with Crippen LogP contribution in [0.25, 0.3) is 0 Å². The number of hydrazone groups is 1. The van der Waals surface area contributed by atoms with Crippen molar-refractivity contribution in [2.75, 3.05) is 0 Å². The average molecular weight is 144 g/mol. The van der Waals surface area contributed by atoms with E-state index in [1.807, 2.05) is 13.8 Å². The smallest absolute Gasteiger partial charge is 0.205 e. The first-order chi connectivity index (χ1) is 4.63. The lowest BCUT2D eigenvalue weighted by atomic mass is 10.4. The van der Waals surface area contributed by atoms with Gasteiger partial charge in [0.1, 0.15) is 0 Å². The number of halogens is 1. The molecule has 0 aromatic rings. The molecule has 0 saturated heterocycles. The van der Waals surface area contributed by atoms with Gasteiger partial charge in [0, 0.05) is 12.8 Å². The molecular weight excluding hydrogens is 131 g/mol. The summed E-state index contributed by atoms with van der Waals surface area (Å²) < 4.78 is 12.7. The van der Waals surface area contributed by atoms with Crippen molar-refractivity contribution in [2.24, 2.45) is 5.10 Å². The lowest BCUT2D eigenvalue weighted by Gasteiger charge is -2.19. The summed E-state index contributed by atoms with van der Waals surface area (Å²) in [5, 5.41) is 4.72. The Hall–Kier alpha value is -0.860. The van der Waals surface area contributed by atoms with Crippen molar-refractivity contribution in [1.29, 1.82) is 0 Å². The molecule has 2 nitrogen and oxygen atoms in total. The summed E-state index contributed by atoms with van der Waals surface area (Å²) in [6.07, 6.45) is 1.36. The first kappa shape index (κ1) is 9.14. The van der Waals surface area contributed by atoms with Crippen LogP contribution in [-0.2, 0) is 0 Å². The molecule has 0 fully saturated rings. The third-order valence-electron chi connectivity index (χ3n) is 1.10. The van der Waals surface area contributed by atoms with E-state index in [0.717, 1.165) is 0 Å². The van der Waals surface area contributed by atoms with Crippen LogP contribution in [0.3, 0.4) is 0 Å². The Kier molecular flexibility index (Phi) is 3.69. The Balaban J connectivity index is 4.21. The molecule has 0 atom stereocenters. The van der Waals surface area contributed by atoms with Gasteiger partial charge in [0.05, 0.1) is 0 Å². The third kappa shape index (κ3) is 2.17. The normalized spacial score (nSPS) is 11.9. The number of rotatable bonds is 3. The summed E-state index contributed by atoms with van der Waals surface area (Å²) in [5.41, 5.74) is 0. The molecule has 0 aliphatic carbocycles. The van der Waals surface area contributed by atoms with E-state index in [4.69, 9.17) is 0 Å². The number of hydrogen-bond acceptors (Lipinski definition) is 2. The molecule has 3 heteroatoms. The minimum Gasteiger partial charge on any atom is -0.238 e. The number of hydrogen-bond donors (Lipinski definition) is 0. The van der Waals surface area contributed by atoms with Crippen molar-refractivity contribution in [2.45, 2.75) is 26.8 Å². The lowest BCUT2D eigenvalue weighted by Crippen LogP contribution is -2.22. The minimum absolute atomic E-state index is 0.0219. The highest BCUT2D eigenvalue weighted by atomic mass is 19.1. The van der Waals surface area contributed by atoms with Crippen LogP contribution >= 0.6 is 0 Å². The summed E-state index contributed by atoms with van der Waals surface area (Å²) in [6.45, 7) is 8.56. The first-order valence-corrected chi connectivity index (χ1v) is 3.21. The van der Waals surface area contributed by atoms with Gasteiger partial charge in [-0.2, -0.15) is 9.49 Å². The van der Waals surface area contributed by atoms with Gasteiger partial charge in [-0.05, 0) is 26.8 Å². The Bertz CT molecular complexity index is 141. The molecule has 0 aromatic carbocycles. The van der Waals surface area contributed by atoms with E-state index < -0.39 is 0 Å². The van der Waals surface area contributed by atoms with Gasteiger partial charge in [-0.15, -0.1) is 0 Å². The largest absolute Gasteiger partial charge is 0.238 e. The van der Waals surface area contributed by atoms with Gasteiger partial charge < -0.3 is 0 Å². The van der Waals surface area contributed by atoms with Crippen LogP contribution in [0.2, 0.25) is 0 Å². The van der Waals surface area contributed by atoms with Gasteiger partial charge in [0.15, 0.2) is 0 Å². The zero-order chi connectivity index (χ0) is 8.15. The average Bonchev–Trinajstić information content (AvgIpc) is 1.88. The Morgan fingerprint density at radius 3 is 2.30 bits per heavy atom. The van der Waals surface area contributed by atoms with Crippen LogP contribution in [-0.4, -0.2) is 17.8 Å². The van der Waals surface area contributed by atoms with Gasteiger partial charge in [0.2, 0.25) is 5.95 Å². The molecule has 0 aromatic heterocycles. The molecule has 0 aliphatic heterocycles. The van der Waals surface area contributed by atoms with E-state index in [0.29, 0.717) is 0 Å². The van der Waals surface area contributed by atoms with Crippen LogP contribution < -0.4 is 0 Å². The van der Waals surface area contributed by atoms with Gasteiger partial charge in [-0.25, -0.2) is 5.01 Å². The second-order valence-corrected chi connectivity index (χ2v) is 2.19. The van der Waals surface area contributed by atoms with Crippen LogP contribution in [0.15, 0.2) is 17.1 Å². The number of nitrogens with zero attached hydrogens (tertiary/aromatic N) is 2. The topological polar surface area (TPSA) is 15.6 Å². The highest BCUT2D eigenvalue weighted by Crippen LogP contribution is 2.09. The van der Waals surface area contributed by atoms with Gasteiger partial charge in [0.25, 0.3) is 0 Å². The van der Waals surface area contributed by atoms with Crippen molar-refractivity contribution in [3.05, 3.63) is 12.0 Å². The molecule has 0 unspecified atom stereocenters. The molecular formula is C7H13FN2. The van der Waals surface area contributed by atoms with E-state index >= 15 is 0 Å². The molecule has 58 valence electrons. The van der Waals surface area contributed by atoms with Gasteiger partial charge in [-0.3, -0.25) is 0 Å². The van der Waals surface area contributed by atoms with Gasteiger partial charge >= 0.3 is 0 Å². The van der Waals surface area contributed by atoms with E-state index in [1.165, 1.54) is 11.1 Å². The molecule has 0 N–H and O–H groups in total.